The second-order valence-corrected chi connectivity index (χ2v) is 4.63. The number of nitrogens with one attached hydrogen (secondary N) is 1. The lowest BCUT2D eigenvalue weighted by Crippen LogP contribution is -2.38. The maximum absolute atomic E-state index is 11.5. The van der Waals surface area contributed by atoms with Gasteiger partial charge in [-0.15, -0.1) is 0 Å². The molecule has 1 aromatic rings. The van der Waals surface area contributed by atoms with Crippen molar-refractivity contribution in [1.29, 1.82) is 0 Å². The van der Waals surface area contributed by atoms with Gasteiger partial charge in [0.05, 0.1) is 6.54 Å². The number of carbonyl (C=O) groups is 1. The van der Waals surface area contributed by atoms with Crippen LogP contribution < -0.4 is 15.8 Å². The Kier molecular flexibility index (Phi) is 5.65. The Morgan fingerprint density at radius 3 is 2.78 bits per heavy atom. The van der Waals surface area contributed by atoms with Gasteiger partial charge in [-0.2, -0.15) is 0 Å². The van der Waals surface area contributed by atoms with E-state index in [-0.39, 0.29) is 17.9 Å². The number of aryl methyl sites for hydroxylation is 1. The van der Waals surface area contributed by atoms with Crippen LogP contribution in [0.5, 0.6) is 5.75 Å². The van der Waals surface area contributed by atoms with E-state index in [1.807, 2.05) is 38.1 Å². The first-order chi connectivity index (χ1) is 8.52. The molecule has 0 aromatic heterocycles. The lowest BCUT2D eigenvalue weighted by atomic mass is 10.1. The van der Waals surface area contributed by atoms with E-state index in [1.165, 1.54) is 0 Å². The standard InChI is InChI=1S/C14H22N2O2/c1-10-5-4-6-13(7-10)18-12(3)9-16-14(17)11(2)8-15/h4-7,11-12H,8-9,15H2,1-3H3,(H,16,17). The number of nitrogens with two attached hydrogens (primary N) is 1. The Bertz CT molecular complexity index is 393. The number of hydrogen-bond donors (Lipinski definition) is 2. The maximum atomic E-state index is 11.5. The lowest BCUT2D eigenvalue weighted by Gasteiger charge is -2.17. The van der Waals surface area contributed by atoms with Gasteiger partial charge in [-0.25, -0.2) is 0 Å². The highest BCUT2D eigenvalue weighted by atomic mass is 16.5. The van der Waals surface area contributed by atoms with Crippen LogP contribution in [0.1, 0.15) is 19.4 Å². The first kappa shape index (κ1) is 14.5. The van der Waals surface area contributed by atoms with Gasteiger partial charge >= 0.3 is 0 Å². The zero-order valence-electron chi connectivity index (χ0n) is 11.3. The van der Waals surface area contributed by atoms with Crippen molar-refractivity contribution in [2.75, 3.05) is 13.1 Å². The Labute approximate surface area is 109 Å². The number of rotatable bonds is 6. The minimum Gasteiger partial charge on any atom is -0.489 e. The summed E-state index contributed by atoms with van der Waals surface area (Å²) >= 11 is 0. The molecule has 0 heterocycles. The normalized spacial score (nSPS) is 13.8. The Morgan fingerprint density at radius 2 is 2.17 bits per heavy atom. The molecule has 0 bridgehead atoms. The average molecular weight is 250 g/mol. The first-order valence-corrected chi connectivity index (χ1v) is 6.24. The summed E-state index contributed by atoms with van der Waals surface area (Å²) in [6, 6.07) is 7.85. The van der Waals surface area contributed by atoms with Gasteiger partial charge in [0, 0.05) is 12.5 Å². The largest absolute Gasteiger partial charge is 0.489 e. The summed E-state index contributed by atoms with van der Waals surface area (Å²) in [6.07, 6.45) is -0.0688. The van der Waals surface area contributed by atoms with E-state index in [0.29, 0.717) is 13.1 Å². The summed E-state index contributed by atoms with van der Waals surface area (Å²) in [6.45, 7) is 6.59. The number of amides is 1. The Morgan fingerprint density at radius 1 is 1.44 bits per heavy atom. The minimum absolute atomic E-state index is 0.0304. The monoisotopic (exact) mass is 250 g/mol. The van der Waals surface area contributed by atoms with Crippen LogP contribution in [0.25, 0.3) is 0 Å². The van der Waals surface area contributed by atoms with Crippen LogP contribution in [0.3, 0.4) is 0 Å². The summed E-state index contributed by atoms with van der Waals surface area (Å²) in [4.78, 5) is 11.5. The van der Waals surface area contributed by atoms with Crippen molar-refractivity contribution >= 4 is 5.91 Å². The van der Waals surface area contributed by atoms with Gasteiger partial charge in [-0.05, 0) is 31.5 Å². The van der Waals surface area contributed by atoms with Crippen LogP contribution in [0, 0.1) is 12.8 Å². The highest BCUT2D eigenvalue weighted by Crippen LogP contribution is 2.13. The van der Waals surface area contributed by atoms with Crippen LogP contribution in [0.2, 0.25) is 0 Å². The smallest absolute Gasteiger partial charge is 0.224 e. The fourth-order valence-electron chi connectivity index (χ4n) is 1.49. The van der Waals surface area contributed by atoms with Crippen LogP contribution in [0.15, 0.2) is 24.3 Å². The number of benzene rings is 1. The van der Waals surface area contributed by atoms with Crippen molar-refractivity contribution in [3.8, 4) is 5.75 Å². The lowest BCUT2D eigenvalue weighted by molar-refractivity contribution is -0.124. The topological polar surface area (TPSA) is 64.3 Å². The van der Waals surface area contributed by atoms with E-state index in [2.05, 4.69) is 5.32 Å². The second-order valence-electron chi connectivity index (χ2n) is 4.63. The molecular formula is C14H22N2O2. The zero-order valence-corrected chi connectivity index (χ0v) is 11.3. The van der Waals surface area contributed by atoms with Crippen LogP contribution in [-0.2, 0) is 4.79 Å². The van der Waals surface area contributed by atoms with Gasteiger partial charge in [-0.3, -0.25) is 4.79 Å². The quantitative estimate of drug-likeness (QED) is 0.803. The van der Waals surface area contributed by atoms with Crippen molar-refractivity contribution in [1.82, 2.24) is 5.32 Å². The van der Waals surface area contributed by atoms with Crippen LogP contribution >= 0.6 is 0 Å². The SMILES string of the molecule is Cc1cccc(OC(C)CNC(=O)C(C)CN)c1. The molecule has 0 spiro atoms. The fraction of sp³-hybridized carbons (Fsp3) is 0.500. The highest BCUT2D eigenvalue weighted by Gasteiger charge is 2.12. The third-order valence-electron chi connectivity index (χ3n) is 2.69. The second kappa shape index (κ2) is 7.01. The summed E-state index contributed by atoms with van der Waals surface area (Å²) < 4.78 is 5.71. The van der Waals surface area contributed by atoms with E-state index in [4.69, 9.17) is 10.5 Å². The van der Waals surface area contributed by atoms with Crippen molar-refractivity contribution in [3.05, 3.63) is 29.8 Å². The minimum atomic E-state index is -0.156. The first-order valence-electron chi connectivity index (χ1n) is 6.24. The van der Waals surface area contributed by atoms with Crippen LogP contribution in [0.4, 0.5) is 0 Å². The van der Waals surface area contributed by atoms with E-state index in [0.717, 1.165) is 11.3 Å². The summed E-state index contributed by atoms with van der Waals surface area (Å²) in [7, 11) is 0. The molecule has 0 aliphatic carbocycles. The third-order valence-corrected chi connectivity index (χ3v) is 2.69. The van der Waals surface area contributed by atoms with E-state index in [1.54, 1.807) is 6.92 Å². The molecule has 1 amide bonds. The highest BCUT2D eigenvalue weighted by molar-refractivity contribution is 5.78. The van der Waals surface area contributed by atoms with E-state index < -0.39 is 0 Å². The van der Waals surface area contributed by atoms with Gasteiger partial charge in [0.1, 0.15) is 11.9 Å². The Balaban J connectivity index is 2.38. The summed E-state index contributed by atoms with van der Waals surface area (Å²) in [5.74, 6) is 0.636. The molecule has 0 aliphatic heterocycles. The molecule has 3 N–H and O–H groups in total. The van der Waals surface area contributed by atoms with Gasteiger partial charge in [0.15, 0.2) is 0 Å². The fourth-order valence-corrected chi connectivity index (χ4v) is 1.49. The summed E-state index contributed by atoms with van der Waals surface area (Å²) in [5.41, 5.74) is 6.58. The molecule has 4 heteroatoms. The average Bonchev–Trinajstić information content (AvgIpc) is 2.35. The van der Waals surface area contributed by atoms with Crippen molar-refractivity contribution in [2.24, 2.45) is 11.7 Å². The number of hydrogen-bond acceptors (Lipinski definition) is 3. The predicted molar refractivity (Wildman–Crippen MR) is 72.5 cm³/mol. The molecule has 0 saturated carbocycles. The molecule has 0 aliphatic rings. The molecular weight excluding hydrogens is 228 g/mol. The molecule has 0 radical (unpaired) electrons. The molecule has 18 heavy (non-hydrogen) atoms. The maximum Gasteiger partial charge on any atom is 0.224 e. The van der Waals surface area contributed by atoms with Crippen molar-refractivity contribution in [2.45, 2.75) is 26.9 Å². The molecule has 2 atom stereocenters. The molecule has 1 rings (SSSR count). The zero-order chi connectivity index (χ0) is 13.5. The molecule has 0 fully saturated rings. The van der Waals surface area contributed by atoms with Crippen LogP contribution in [-0.4, -0.2) is 25.1 Å². The molecule has 100 valence electrons. The van der Waals surface area contributed by atoms with Crippen molar-refractivity contribution in [3.63, 3.8) is 0 Å². The number of carbonyl (C=O) groups excluding carboxylic acids is 1. The molecule has 1 aromatic carbocycles. The van der Waals surface area contributed by atoms with E-state index in [9.17, 15) is 4.79 Å². The van der Waals surface area contributed by atoms with Gasteiger partial charge in [-0.1, -0.05) is 19.1 Å². The molecule has 0 saturated heterocycles. The van der Waals surface area contributed by atoms with Crippen molar-refractivity contribution < 1.29 is 9.53 Å². The molecule has 2 unspecified atom stereocenters. The third kappa shape index (κ3) is 4.75. The summed E-state index contributed by atoms with van der Waals surface area (Å²) in [5, 5.41) is 2.82. The molecule has 4 nitrogen and oxygen atoms in total. The Hall–Kier alpha value is -1.55. The predicted octanol–water partition coefficient (Wildman–Crippen LogP) is 1.47. The number of ether oxygens (including phenoxy) is 1. The van der Waals surface area contributed by atoms with Gasteiger partial charge < -0.3 is 15.8 Å². The van der Waals surface area contributed by atoms with Gasteiger partial charge in [0.2, 0.25) is 5.91 Å². The van der Waals surface area contributed by atoms with E-state index >= 15 is 0 Å². The van der Waals surface area contributed by atoms with Gasteiger partial charge in [0.25, 0.3) is 0 Å².